The Hall–Kier alpha value is -1.77. The van der Waals surface area contributed by atoms with Gasteiger partial charge in [0.05, 0.1) is 18.0 Å². The number of ether oxygens (including phenoxy) is 1. The minimum atomic E-state index is -0.332. The zero-order valence-corrected chi connectivity index (χ0v) is 14.0. The van der Waals surface area contributed by atoms with E-state index in [9.17, 15) is 9.59 Å². The monoisotopic (exact) mass is 348 g/mol. The number of nitrogens with one attached hydrogen (secondary N) is 3. The SMILES string of the molecule is O=C1CSc2ccc(N3C[C@@H](CNCC4CNC4)OC3=O)cc2N1. The molecule has 0 bridgehead atoms. The van der Waals surface area contributed by atoms with Crippen molar-refractivity contribution in [2.75, 3.05) is 48.7 Å². The van der Waals surface area contributed by atoms with Crippen LogP contribution in [0.15, 0.2) is 23.1 Å². The number of nitrogens with zero attached hydrogens (tertiary/aromatic N) is 1. The van der Waals surface area contributed by atoms with Crippen molar-refractivity contribution >= 4 is 35.1 Å². The van der Waals surface area contributed by atoms with E-state index < -0.39 is 0 Å². The van der Waals surface area contributed by atoms with E-state index in [1.807, 2.05) is 18.2 Å². The van der Waals surface area contributed by atoms with Crippen molar-refractivity contribution in [3.63, 3.8) is 0 Å². The summed E-state index contributed by atoms with van der Waals surface area (Å²) in [6, 6.07) is 5.69. The van der Waals surface area contributed by atoms with Crippen LogP contribution < -0.4 is 20.9 Å². The van der Waals surface area contributed by atoms with E-state index in [0.717, 1.165) is 35.9 Å². The molecule has 3 aliphatic rings. The summed E-state index contributed by atoms with van der Waals surface area (Å²) < 4.78 is 5.44. The minimum absolute atomic E-state index is 0.0128. The lowest BCUT2D eigenvalue weighted by atomic mass is 10.0. The number of amides is 2. The third-order valence-electron chi connectivity index (χ3n) is 4.45. The van der Waals surface area contributed by atoms with Gasteiger partial charge < -0.3 is 20.7 Å². The van der Waals surface area contributed by atoms with Gasteiger partial charge in [-0.15, -0.1) is 11.8 Å². The van der Waals surface area contributed by atoms with Crippen LogP contribution in [-0.4, -0.2) is 56.6 Å². The number of benzene rings is 1. The predicted octanol–water partition coefficient (Wildman–Crippen LogP) is 0.865. The van der Waals surface area contributed by atoms with Crippen LogP contribution in [0.25, 0.3) is 0 Å². The van der Waals surface area contributed by atoms with Gasteiger partial charge >= 0.3 is 6.09 Å². The van der Waals surface area contributed by atoms with E-state index in [0.29, 0.717) is 24.8 Å². The third kappa shape index (κ3) is 3.22. The maximum absolute atomic E-state index is 12.2. The Kier molecular flexibility index (Phi) is 4.34. The molecule has 0 unspecified atom stereocenters. The smallest absolute Gasteiger partial charge is 0.414 e. The molecule has 1 aromatic rings. The van der Waals surface area contributed by atoms with Gasteiger partial charge in [0, 0.05) is 36.8 Å². The molecule has 3 aliphatic heterocycles. The van der Waals surface area contributed by atoms with Gasteiger partial charge in [-0.3, -0.25) is 9.69 Å². The fraction of sp³-hybridized carbons (Fsp3) is 0.500. The highest BCUT2D eigenvalue weighted by molar-refractivity contribution is 8.00. The van der Waals surface area contributed by atoms with Crippen LogP contribution in [0.5, 0.6) is 0 Å². The summed E-state index contributed by atoms with van der Waals surface area (Å²) in [5, 5.41) is 9.46. The van der Waals surface area contributed by atoms with Crippen molar-refractivity contribution in [2.45, 2.75) is 11.0 Å². The summed E-state index contributed by atoms with van der Waals surface area (Å²) in [6.45, 7) is 4.25. The van der Waals surface area contributed by atoms with E-state index in [2.05, 4.69) is 16.0 Å². The number of anilines is 2. The molecule has 0 aliphatic carbocycles. The quantitative estimate of drug-likeness (QED) is 0.732. The largest absolute Gasteiger partial charge is 0.443 e. The van der Waals surface area contributed by atoms with Crippen LogP contribution >= 0.6 is 11.8 Å². The molecule has 3 heterocycles. The number of rotatable bonds is 5. The Labute approximate surface area is 144 Å². The number of cyclic esters (lactones) is 1. The Morgan fingerprint density at radius 3 is 2.96 bits per heavy atom. The highest BCUT2D eigenvalue weighted by Crippen LogP contribution is 2.35. The second kappa shape index (κ2) is 6.62. The molecular formula is C16H20N4O3S. The lowest BCUT2D eigenvalue weighted by Crippen LogP contribution is -2.48. The maximum Gasteiger partial charge on any atom is 0.414 e. The van der Waals surface area contributed by atoms with Crippen LogP contribution in [0.1, 0.15) is 0 Å². The number of carbonyl (C=O) groups excluding carboxylic acids is 2. The van der Waals surface area contributed by atoms with Gasteiger partial charge in [0.2, 0.25) is 5.91 Å². The first-order valence-corrected chi connectivity index (χ1v) is 9.14. The van der Waals surface area contributed by atoms with Gasteiger partial charge in [0.1, 0.15) is 6.10 Å². The molecule has 8 heteroatoms. The summed E-state index contributed by atoms with van der Waals surface area (Å²) in [7, 11) is 0. The Morgan fingerprint density at radius 2 is 2.17 bits per heavy atom. The fourth-order valence-electron chi connectivity index (χ4n) is 3.02. The van der Waals surface area contributed by atoms with Crippen LogP contribution in [0.2, 0.25) is 0 Å². The molecule has 2 fully saturated rings. The van der Waals surface area contributed by atoms with Crippen LogP contribution in [0, 0.1) is 5.92 Å². The fourth-order valence-corrected chi connectivity index (χ4v) is 3.81. The van der Waals surface area contributed by atoms with Gasteiger partial charge in [-0.25, -0.2) is 4.79 Å². The molecule has 1 aromatic carbocycles. The Balaban J connectivity index is 1.38. The van der Waals surface area contributed by atoms with Gasteiger partial charge in [0.25, 0.3) is 0 Å². The average Bonchev–Trinajstić information content (AvgIpc) is 2.90. The molecule has 0 aromatic heterocycles. The van der Waals surface area contributed by atoms with Crippen molar-refractivity contribution in [1.82, 2.24) is 10.6 Å². The van der Waals surface area contributed by atoms with Crippen molar-refractivity contribution in [3.05, 3.63) is 18.2 Å². The van der Waals surface area contributed by atoms with E-state index in [-0.39, 0.29) is 18.1 Å². The van der Waals surface area contributed by atoms with Crippen molar-refractivity contribution in [1.29, 1.82) is 0 Å². The summed E-state index contributed by atoms with van der Waals surface area (Å²) in [4.78, 5) is 26.3. The molecule has 7 nitrogen and oxygen atoms in total. The summed E-state index contributed by atoms with van der Waals surface area (Å²) in [5.41, 5.74) is 1.52. The van der Waals surface area contributed by atoms with Gasteiger partial charge in [0.15, 0.2) is 0 Å². The highest BCUT2D eigenvalue weighted by atomic mass is 32.2. The van der Waals surface area contributed by atoms with Crippen molar-refractivity contribution in [2.24, 2.45) is 5.92 Å². The highest BCUT2D eigenvalue weighted by Gasteiger charge is 2.33. The first-order chi connectivity index (χ1) is 11.7. The molecule has 2 amide bonds. The molecular weight excluding hydrogens is 328 g/mol. The average molecular weight is 348 g/mol. The summed E-state index contributed by atoms with van der Waals surface area (Å²) in [5.74, 6) is 1.10. The van der Waals surface area contributed by atoms with Crippen LogP contribution in [0.3, 0.4) is 0 Å². The Bertz CT molecular complexity index is 665. The lowest BCUT2D eigenvalue weighted by molar-refractivity contribution is -0.113. The zero-order chi connectivity index (χ0) is 16.5. The lowest BCUT2D eigenvalue weighted by Gasteiger charge is -2.27. The van der Waals surface area contributed by atoms with Gasteiger partial charge in [-0.2, -0.15) is 0 Å². The van der Waals surface area contributed by atoms with E-state index in [1.165, 1.54) is 11.8 Å². The second-order valence-corrected chi connectivity index (χ2v) is 7.33. The second-order valence-electron chi connectivity index (χ2n) is 6.32. The molecule has 1 atom stereocenters. The predicted molar refractivity (Wildman–Crippen MR) is 92.6 cm³/mol. The number of hydrogen-bond donors (Lipinski definition) is 3. The van der Waals surface area contributed by atoms with E-state index in [4.69, 9.17) is 4.74 Å². The molecule has 24 heavy (non-hydrogen) atoms. The summed E-state index contributed by atoms with van der Waals surface area (Å²) >= 11 is 1.51. The summed E-state index contributed by atoms with van der Waals surface area (Å²) in [6.07, 6.45) is -0.479. The first kappa shape index (κ1) is 15.7. The molecule has 3 N–H and O–H groups in total. The maximum atomic E-state index is 12.2. The van der Waals surface area contributed by atoms with E-state index >= 15 is 0 Å². The molecule has 0 saturated carbocycles. The number of fused-ring (bicyclic) bond motifs is 1. The Morgan fingerprint density at radius 1 is 1.29 bits per heavy atom. The standard InChI is InChI=1S/C16H20N4O3S/c21-15-9-24-14-2-1-11(3-13(14)19-15)20-8-12(23-16(20)22)7-18-6-10-4-17-5-10/h1-3,10,12,17-18H,4-9H2,(H,19,21)/t12-/m1/s1. The molecule has 4 rings (SSSR count). The number of thioether (sulfide) groups is 1. The molecule has 2 saturated heterocycles. The molecule has 0 radical (unpaired) electrons. The van der Waals surface area contributed by atoms with Gasteiger partial charge in [-0.1, -0.05) is 0 Å². The van der Waals surface area contributed by atoms with Gasteiger partial charge in [-0.05, 0) is 24.1 Å². The normalized spacial score (nSPS) is 23.5. The van der Waals surface area contributed by atoms with Crippen LogP contribution in [-0.2, 0) is 9.53 Å². The van der Waals surface area contributed by atoms with Crippen molar-refractivity contribution < 1.29 is 14.3 Å². The van der Waals surface area contributed by atoms with Crippen LogP contribution in [0.4, 0.5) is 16.2 Å². The van der Waals surface area contributed by atoms with E-state index in [1.54, 1.807) is 4.90 Å². The number of carbonyl (C=O) groups is 2. The zero-order valence-electron chi connectivity index (χ0n) is 13.2. The third-order valence-corrected chi connectivity index (χ3v) is 5.53. The molecule has 128 valence electrons. The minimum Gasteiger partial charge on any atom is -0.443 e. The topological polar surface area (TPSA) is 82.7 Å². The van der Waals surface area contributed by atoms with Crippen molar-refractivity contribution in [3.8, 4) is 0 Å². The first-order valence-electron chi connectivity index (χ1n) is 8.15. The molecule has 0 spiro atoms. The number of hydrogen-bond acceptors (Lipinski definition) is 6.